The van der Waals surface area contributed by atoms with E-state index in [2.05, 4.69) is 5.32 Å². The molecule has 2 rings (SSSR count). The molecule has 0 radical (unpaired) electrons. The Balaban J connectivity index is 2.23. The lowest BCUT2D eigenvalue weighted by atomic mass is 10.2. The smallest absolute Gasteiger partial charge is 0.237 e. The number of hydrogen-bond donors (Lipinski definition) is 1. The maximum atomic E-state index is 13.1. The van der Waals surface area contributed by atoms with E-state index in [1.807, 2.05) is 0 Å². The summed E-state index contributed by atoms with van der Waals surface area (Å²) in [7, 11) is -1.93. The largest absolute Gasteiger partial charge is 0.317 e. The molecule has 18 heavy (non-hydrogen) atoms. The van der Waals surface area contributed by atoms with Crippen LogP contribution in [0.15, 0.2) is 24.3 Å². The van der Waals surface area contributed by atoms with Gasteiger partial charge in [0.1, 0.15) is 5.82 Å². The van der Waals surface area contributed by atoms with Crippen LogP contribution in [0.4, 0.5) is 10.1 Å². The van der Waals surface area contributed by atoms with E-state index in [0.29, 0.717) is 31.6 Å². The maximum absolute atomic E-state index is 13.1. The van der Waals surface area contributed by atoms with Gasteiger partial charge in [-0.3, -0.25) is 4.31 Å². The van der Waals surface area contributed by atoms with Gasteiger partial charge in [-0.25, -0.2) is 12.8 Å². The molecule has 1 aliphatic rings. The fraction of sp³-hybridized carbons (Fsp3) is 0.500. The second-order valence-corrected chi connectivity index (χ2v) is 6.69. The highest BCUT2D eigenvalue weighted by Crippen LogP contribution is 2.23. The molecule has 6 heteroatoms. The number of anilines is 1. The third kappa shape index (κ3) is 2.64. The third-order valence-corrected chi connectivity index (χ3v) is 5.55. The van der Waals surface area contributed by atoms with Crippen molar-refractivity contribution in [2.75, 3.05) is 24.4 Å². The minimum absolute atomic E-state index is 0.369. The minimum Gasteiger partial charge on any atom is -0.317 e. The Morgan fingerprint density at radius 3 is 2.61 bits per heavy atom. The number of benzene rings is 1. The van der Waals surface area contributed by atoms with Gasteiger partial charge in [-0.15, -0.1) is 0 Å². The summed E-state index contributed by atoms with van der Waals surface area (Å²) in [6, 6.07) is 5.65. The quantitative estimate of drug-likeness (QED) is 0.903. The first-order valence-electron chi connectivity index (χ1n) is 5.96. The molecule has 0 aromatic heterocycles. The van der Waals surface area contributed by atoms with E-state index in [0.717, 1.165) is 0 Å². The van der Waals surface area contributed by atoms with Crippen LogP contribution >= 0.6 is 0 Å². The van der Waals surface area contributed by atoms with Crippen LogP contribution in [0.2, 0.25) is 0 Å². The summed E-state index contributed by atoms with van der Waals surface area (Å²) in [6.07, 6.45) is 1.20. The maximum Gasteiger partial charge on any atom is 0.237 e. The van der Waals surface area contributed by atoms with Crippen molar-refractivity contribution in [2.24, 2.45) is 0 Å². The zero-order valence-electron chi connectivity index (χ0n) is 10.3. The van der Waals surface area contributed by atoms with Gasteiger partial charge in [0.25, 0.3) is 0 Å². The van der Waals surface area contributed by atoms with Crippen molar-refractivity contribution in [3.8, 4) is 0 Å². The van der Waals surface area contributed by atoms with Gasteiger partial charge in [-0.05, 0) is 44.1 Å². The zero-order chi connectivity index (χ0) is 13.2. The Labute approximate surface area is 107 Å². The van der Waals surface area contributed by atoms with Crippen molar-refractivity contribution in [2.45, 2.75) is 18.1 Å². The highest BCUT2D eigenvalue weighted by atomic mass is 32.2. The molecule has 1 aromatic carbocycles. The first-order chi connectivity index (χ1) is 8.51. The molecule has 1 saturated heterocycles. The Bertz CT molecular complexity index is 513. The molecule has 0 saturated carbocycles. The fourth-order valence-corrected chi connectivity index (χ4v) is 3.82. The van der Waals surface area contributed by atoms with E-state index < -0.39 is 15.8 Å². The zero-order valence-corrected chi connectivity index (χ0v) is 11.1. The summed E-state index contributed by atoms with van der Waals surface area (Å²) in [4.78, 5) is 0. The van der Waals surface area contributed by atoms with Crippen molar-refractivity contribution < 1.29 is 12.8 Å². The predicted octanol–water partition coefficient (Wildman–Crippen LogP) is 1.34. The van der Waals surface area contributed by atoms with Gasteiger partial charge in [-0.1, -0.05) is 6.07 Å². The monoisotopic (exact) mass is 272 g/mol. The average Bonchev–Trinajstić information content (AvgIpc) is 2.39. The van der Waals surface area contributed by atoms with Gasteiger partial charge in [-0.2, -0.15) is 0 Å². The summed E-state index contributed by atoms with van der Waals surface area (Å²) in [5, 5.41) is 2.75. The first-order valence-corrected chi connectivity index (χ1v) is 7.46. The summed E-state index contributed by atoms with van der Waals surface area (Å²) in [6.45, 7) is 1.42. The molecule has 1 heterocycles. The molecule has 1 aromatic rings. The highest BCUT2D eigenvalue weighted by molar-refractivity contribution is 7.93. The van der Waals surface area contributed by atoms with E-state index in [1.54, 1.807) is 6.07 Å². The summed E-state index contributed by atoms with van der Waals surface area (Å²) >= 11 is 0. The van der Waals surface area contributed by atoms with Crippen LogP contribution in [0.25, 0.3) is 0 Å². The Hall–Kier alpha value is -1.14. The van der Waals surface area contributed by atoms with Crippen LogP contribution in [-0.4, -0.2) is 33.8 Å². The van der Waals surface area contributed by atoms with E-state index in [9.17, 15) is 12.8 Å². The van der Waals surface area contributed by atoms with E-state index in [-0.39, 0.29) is 5.25 Å². The molecule has 1 N–H and O–H groups in total. The van der Waals surface area contributed by atoms with E-state index in [1.165, 1.54) is 29.6 Å². The average molecular weight is 272 g/mol. The van der Waals surface area contributed by atoms with Crippen LogP contribution in [0.5, 0.6) is 0 Å². The summed E-state index contributed by atoms with van der Waals surface area (Å²) in [5.74, 6) is -0.431. The molecule has 0 bridgehead atoms. The Morgan fingerprint density at radius 1 is 1.33 bits per heavy atom. The van der Waals surface area contributed by atoms with Gasteiger partial charge in [0.15, 0.2) is 0 Å². The Morgan fingerprint density at radius 2 is 2.00 bits per heavy atom. The lowest BCUT2D eigenvalue weighted by molar-refractivity contribution is 0.495. The SMILES string of the molecule is CN(c1cccc(F)c1)S(=O)(=O)C1CCNCC1. The van der Waals surface area contributed by atoms with Crippen LogP contribution in [0.1, 0.15) is 12.8 Å². The Kier molecular flexibility index (Phi) is 3.87. The van der Waals surface area contributed by atoms with Crippen molar-refractivity contribution in [1.82, 2.24) is 5.32 Å². The number of halogens is 1. The second kappa shape index (κ2) is 5.24. The van der Waals surface area contributed by atoms with E-state index >= 15 is 0 Å². The fourth-order valence-electron chi connectivity index (χ4n) is 2.14. The molecule has 0 unspecified atom stereocenters. The van der Waals surface area contributed by atoms with Crippen molar-refractivity contribution in [3.05, 3.63) is 30.1 Å². The molecule has 100 valence electrons. The lowest BCUT2D eigenvalue weighted by Gasteiger charge is -2.28. The molecule has 4 nitrogen and oxygen atoms in total. The molecule has 0 atom stereocenters. The van der Waals surface area contributed by atoms with Gasteiger partial charge in [0, 0.05) is 7.05 Å². The third-order valence-electron chi connectivity index (χ3n) is 3.26. The molecule has 0 amide bonds. The standard InChI is InChI=1S/C12H17FN2O2S/c1-15(11-4-2-3-10(13)9-11)18(16,17)12-5-7-14-8-6-12/h2-4,9,12,14H,5-8H2,1H3. The molecule has 1 aliphatic heterocycles. The molecule has 0 aliphatic carbocycles. The van der Waals surface area contributed by atoms with Gasteiger partial charge >= 0.3 is 0 Å². The lowest BCUT2D eigenvalue weighted by Crippen LogP contribution is -2.42. The van der Waals surface area contributed by atoms with Gasteiger partial charge in [0.05, 0.1) is 10.9 Å². The molecule has 0 spiro atoms. The number of nitrogens with one attached hydrogen (secondary N) is 1. The highest BCUT2D eigenvalue weighted by Gasteiger charge is 2.31. The van der Waals surface area contributed by atoms with Crippen molar-refractivity contribution in [3.63, 3.8) is 0 Å². The predicted molar refractivity (Wildman–Crippen MR) is 69.6 cm³/mol. The normalized spacial score (nSPS) is 17.7. The summed E-state index contributed by atoms with van der Waals surface area (Å²) < 4.78 is 39.1. The molecule has 1 fully saturated rings. The van der Waals surface area contributed by atoms with Crippen molar-refractivity contribution in [1.29, 1.82) is 0 Å². The number of piperidine rings is 1. The number of nitrogens with zero attached hydrogens (tertiary/aromatic N) is 1. The molecular weight excluding hydrogens is 255 g/mol. The van der Waals surface area contributed by atoms with Gasteiger partial charge < -0.3 is 5.32 Å². The second-order valence-electron chi connectivity index (χ2n) is 4.44. The van der Waals surface area contributed by atoms with Crippen molar-refractivity contribution >= 4 is 15.7 Å². The topological polar surface area (TPSA) is 49.4 Å². The van der Waals surface area contributed by atoms with Crippen LogP contribution in [0, 0.1) is 5.82 Å². The summed E-state index contributed by atoms with van der Waals surface area (Å²) in [5.41, 5.74) is 0.369. The number of hydrogen-bond acceptors (Lipinski definition) is 3. The van der Waals surface area contributed by atoms with Crippen LogP contribution < -0.4 is 9.62 Å². The molecular formula is C12H17FN2O2S. The van der Waals surface area contributed by atoms with Gasteiger partial charge in [0.2, 0.25) is 10.0 Å². The minimum atomic E-state index is -3.41. The van der Waals surface area contributed by atoms with E-state index in [4.69, 9.17) is 0 Å². The first kappa shape index (κ1) is 13.3. The number of rotatable bonds is 3. The van der Waals surface area contributed by atoms with Crippen LogP contribution in [0.3, 0.4) is 0 Å². The number of sulfonamides is 1. The van der Waals surface area contributed by atoms with Crippen LogP contribution in [-0.2, 0) is 10.0 Å².